The standard InChI is InChI=1S/C29H36N2O6/c1-34-19-24-27(33)28(36-18-21-11-12-22-9-5-6-10-23(22)17-21)26(31-25(32)13-15-30)29(37-24)35-16-14-20-7-3-2-4-8-20/h2-12,17,24,26-29,33H,13-16,18-19,30H2,1H3,(H,31,32)/t24-,26-,27-,28+,29?/m1/s1. The third kappa shape index (κ3) is 7.35. The fourth-order valence-electron chi connectivity index (χ4n) is 4.56. The van der Waals surface area contributed by atoms with E-state index in [0.717, 1.165) is 21.9 Å². The Morgan fingerprint density at radius 1 is 1.00 bits per heavy atom. The van der Waals surface area contributed by atoms with Crippen LogP contribution in [0.3, 0.4) is 0 Å². The van der Waals surface area contributed by atoms with E-state index in [9.17, 15) is 9.90 Å². The van der Waals surface area contributed by atoms with Gasteiger partial charge >= 0.3 is 0 Å². The average Bonchev–Trinajstić information content (AvgIpc) is 2.91. The maximum Gasteiger partial charge on any atom is 0.221 e. The number of rotatable bonds is 12. The molecule has 1 aliphatic rings. The van der Waals surface area contributed by atoms with E-state index in [4.69, 9.17) is 24.7 Å². The van der Waals surface area contributed by atoms with Crippen molar-refractivity contribution in [2.24, 2.45) is 5.73 Å². The molecule has 1 fully saturated rings. The first-order valence-electron chi connectivity index (χ1n) is 12.7. The summed E-state index contributed by atoms with van der Waals surface area (Å²) in [6, 6.07) is 23.4. The Morgan fingerprint density at radius 2 is 1.76 bits per heavy atom. The molecular formula is C29H36N2O6. The van der Waals surface area contributed by atoms with Crippen LogP contribution in [-0.4, -0.2) is 68.5 Å². The van der Waals surface area contributed by atoms with Crippen molar-refractivity contribution in [2.45, 2.75) is 50.1 Å². The molecule has 1 heterocycles. The predicted molar refractivity (Wildman–Crippen MR) is 141 cm³/mol. The number of hydrogen-bond donors (Lipinski definition) is 3. The van der Waals surface area contributed by atoms with Crippen molar-refractivity contribution in [1.82, 2.24) is 5.32 Å². The van der Waals surface area contributed by atoms with E-state index in [2.05, 4.69) is 17.4 Å². The molecule has 3 aromatic carbocycles. The minimum Gasteiger partial charge on any atom is -0.388 e. The van der Waals surface area contributed by atoms with Crippen LogP contribution in [0.25, 0.3) is 10.8 Å². The number of aliphatic hydroxyl groups is 1. The molecule has 1 saturated heterocycles. The van der Waals surface area contributed by atoms with Gasteiger partial charge in [-0.2, -0.15) is 0 Å². The summed E-state index contributed by atoms with van der Waals surface area (Å²) in [5, 5.41) is 16.4. The molecule has 198 valence electrons. The second kappa shape index (κ2) is 13.6. The Balaban J connectivity index is 1.52. The van der Waals surface area contributed by atoms with Crippen LogP contribution in [-0.2, 0) is 36.8 Å². The van der Waals surface area contributed by atoms with Crippen LogP contribution in [0.2, 0.25) is 0 Å². The van der Waals surface area contributed by atoms with Crippen molar-refractivity contribution in [3.63, 3.8) is 0 Å². The quantitative estimate of drug-likeness (QED) is 0.345. The van der Waals surface area contributed by atoms with Gasteiger partial charge in [-0.05, 0) is 34.4 Å². The van der Waals surface area contributed by atoms with Gasteiger partial charge in [0, 0.05) is 20.1 Å². The van der Waals surface area contributed by atoms with Gasteiger partial charge in [0.05, 0.1) is 19.8 Å². The van der Waals surface area contributed by atoms with Crippen LogP contribution in [0.4, 0.5) is 0 Å². The Morgan fingerprint density at radius 3 is 2.51 bits per heavy atom. The summed E-state index contributed by atoms with van der Waals surface area (Å²) in [6.07, 6.45) is -2.54. The molecule has 4 rings (SSSR count). The summed E-state index contributed by atoms with van der Waals surface area (Å²) in [5.41, 5.74) is 7.67. The van der Waals surface area contributed by atoms with Crippen molar-refractivity contribution < 1.29 is 28.8 Å². The molecule has 0 aliphatic carbocycles. The maximum absolute atomic E-state index is 12.6. The third-order valence-electron chi connectivity index (χ3n) is 6.48. The summed E-state index contributed by atoms with van der Waals surface area (Å²) in [7, 11) is 1.54. The van der Waals surface area contributed by atoms with Gasteiger partial charge in [0.25, 0.3) is 0 Å². The molecule has 0 saturated carbocycles. The van der Waals surface area contributed by atoms with Gasteiger partial charge < -0.3 is 35.1 Å². The SMILES string of the molecule is COC[C@H]1OC(OCCc2ccccc2)[C@H](NC(=O)CCN)[C@H](OCc2ccc3ccccc3c2)[C@@H]1O. The van der Waals surface area contributed by atoms with E-state index in [1.807, 2.05) is 60.7 Å². The fraction of sp³-hybridized carbons (Fsp3) is 0.414. The van der Waals surface area contributed by atoms with Crippen molar-refractivity contribution in [1.29, 1.82) is 0 Å². The number of nitrogens with two attached hydrogens (primary N) is 1. The highest BCUT2D eigenvalue weighted by Gasteiger charge is 2.47. The molecule has 0 spiro atoms. The zero-order valence-electron chi connectivity index (χ0n) is 21.1. The van der Waals surface area contributed by atoms with E-state index in [-0.39, 0.29) is 32.1 Å². The second-order valence-electron chi connectivity index (χ2n) is 9.18. The van der Waals surface area contributed by atoms with Gasteiger partial charge in [0.15, 0.2) is 6.29 Å². The minimum atomic E-state index is -1.04. The Hall–Kier alpha value is -2.85. The lowest BCUT2D eigenvalue weighted by molar-refractivity contribution is -0.279. The van der Waals surface area contributed by atoms with E-state index >= 15 is 0 Å². The van der Waals surface area contributed by atoms with Crippen LogP contribution < -0.4 is 11.1 Å². The monoisotopic (exact) mass is 508 g/mol. The zero-order chi connectivity index (χ0) is 26.0. The van der Waals surface area contributed by atoms with Gasteiger partial charge in [-0.25, -0.2) is 0 Å². The molecule has 37 heavy (non-hydrogen) atoms. The number of nitrogens with one attached hydrogen (secondary N) is 1. The summed E-state index contributed by atoms with van der Waals surface area (Å²) in [6.45, 7) is 0.965. The molecule has 1 aliphatic heterocycles. The maximum atomic E-state index is 12.6. The first kappa shape index (κ1) is 27.2. The van der Waals surface area contributed by atoms with Crippen LogP contribution in [0.5, 0.6) is 0 Å². The number of carbonyl (C=O) groups excluding carboxylic acids is 1. The number of ether oxygens (including phenoxy) is 4. The average molecular weight is 509 g/mol. The molecule has 0 aromatic heterocycles. The first-order valence-corrected chi connectivity index (χ1v) is 12.7. The molecule has 8 heteroatoms. The Kier molecular flexibility index (Phi) is 10.0. The number of hydrogen-bond acceptors (Lipinski definition) is 7. The zero-order valence-corrected chi connectivity index (χ0v) is 21.1. The highest BCUT2D eigenvalue weighted by atomic mass is 16.7. The van der Waals surface area contributed by atoms with Crippen molar-refractivity contribution >= 4 is 16.7 Å². The van der Waals surface area contributed by atoms with Crippen LogP contribution in [0, 0.1) is 0 Å². The third-order valence-corrected chi connectivity index (χ3v) is 6.48. The molecule has 1 amide bonds. The van der Waals surface area contributed by atoms with E-state index in [1.54, 1.807) is 7.11 Å². The lowest BCUT2D eigenvalue weighted by Gasteiger charge is -2.44. The first-order chi connectivity index (χ1) is 18.1. The highest BCUT2D eigenvalue weighted by molar-refractivity contribution is 5.83. The van der Waals surface area contributed by atoms with Gasteiger partial charge in [0.2, 0.25) is 5.91 Å². The van der Waals surface area contributed by atoms with Crippen molar-refractivity contribution in [2.75, 3.05) is 26.9 Å². The topological polar surface area (TPSA) is 112 Å². The van der Waals surface area contributed by atoms with Crippen LogP contribution in [0.1, 0.15) is 17.5 Å². The van der Waals surface area contributed by atoms with Crippen molar-refractivity contribution in [3.05, 3.63) is 83.9 Å². The number of aliphatic hydroxyl groups excluding tert-OH is 1. The summed E-state index contributed by atoms with van der Waals surface area (Å²) >= 11 is 0. The number of fused-ring (bicyclic) bond motifs is 1. The van der Waals surface area contributed by atoms with E-state index in [1.165, 1.54) is 0 Å². The van der Waals surface area contributed by atoms with Gasteiger partial charge in [-0.3, -0.25) is 4.79 Å². The summed E-state index contributed by atoms with van der Waals surface area (Å²) in [4.78, 5) is 12.6. The summed E-state index contributed by atoms with van der Waals surface area (Å²) in [5.74, 6) is -0.260. The van der Waals surface area contributed by atoms with Gasteiger partial charge in [-0.15, -0.1) is 0 Å². The second-order valence-corrected chi connectivity index (χ2v) is 9.18. The fourth-order valence-corrected chi connectivity index (χ4v) is 4.56. The molecule has 0 radical (unpaired) electrons. The predicted octanol–water partition coefficient (Wildman–Crippen LogP) is 2.55. The molecular weight excluding hydrogens is 472 g/mol. The van der Waals surface area contributed by atoms with Gasteiger partial charge in [0.1, 0.15) is 24.4 Å². The molecule has 0 bridgehead atoms. The largest absolute Gasteiger partial charge is 0.388 e. The minimum absolute atomic E-state index is 0.141. The number of methoxy groups -OCH3 is 1. The van der Waals surface area contributed by atoms with E-state index in [0.29, 0.717) is 13.0 Å². The van der Waals surface area contributed by atoms with E-state index < -0.39 is 30.6 Å². The lowest BCUT2D eigenvalue weighted by atomic mass is 9.96. The van der Waals surface area contributed by atoms with Crippen LogP contribution >= 0.6 is 0 Å². The number of carbonyl (C=O) groups is 1. The molecule has 8 nitrogen and oxygen atoms in total. The van der Waals surface area contributed by atoms with Crippen molar-refractivity contribution in [3.8, 4) is 0 Å². The Bertz CT molecular complexity index is 1130. The number of benzene rings is 3. The Labute approximate surface area is 217 Å². The van der Waals surface area contributed by atoms with Crippen LogP contribution in [0.15, 0.2) is 72.8 Å². The lowest BCUT2D eigenvalue weighted by Crippen LogP contribution is -2.65. The summed E-state index contributed by atoms with van der Waals surface area (Å²) < 4.78 is 23.8. The molecule has 3 aromatic rings. The molecule has 1 unspecified atom stereocenters. The smallest absolute Gasteiger partial charge is 0.221 e. The highest BCUT2D eigenvalue weighted by Crippen LogP contribution is 2.27. The normalized spacial score (nSPS) is 23.7. The number of amides is 1. The molecule has 5 atom stereocenters. The molecule has 4 N–H and O–H groups in total. The van der Waals surface area contributed by atoms with Gasteiger partial charge in [-0.1, -0.05) is 66.7 Å².